The molecule has 1 N–H and O–H groups in total. The molecule has 2 saturated carbocycles. The van der Waals surface area contributed by atoms with E-state index >= 15 is 0 Å². The lowest BCUT2D eigenvalue weighted by atomic mass is 9.90. The molecule has 114 valence electrons. The third-order valence-electron chi connectivity index (χ3n) is 4.95. The first-order valence-corrected chi connectivity index (χ1v) is 8.80. The number of carboxylic acids is 1. The van der Waals surface area contributed by atoms with Gasteiger partial charge in [0.15, 0.2) is 0 Å². The van der Waals surface area contributed by atoms with E-state index in [1.54, 1.807) is 18.7 Å². The lowest BCUT2D eigenvalue weighted by Crippen LogP contribution is -2.14. The van der Waals surface area contributed by atoms with Crippen LogP contribution in [0.1, 0.15) is 54.5 Å². The van der Waals surface area contributed by atoms with Crippen molar-refractivity contribution in [2.24, 2.45) is 17.8 Å². The molecule has 0 aliphatic heterocycles. The first-order chi connectivity index (χ1) is 10.1. The Morgan fingerprint density at radius 3 is 2.71 bits per heavy atom. The first-order valence-electron chi connectivity index (χ1n) is 7.82. The number of carboxylic acid groups (broad SMARTS) is 1. The van der Waals surface area contributed by atoms with Crippen LogP contribution in [0.4, 0.5) is 0 Å². The summed E-state index contributed by atoms with van der Waals surface area (Å²) in [6.07, 6.45) is 6.22. The third kappa shape index (κ3) is 2.93. The van der Waals surface area contributed by atoms with E-state index in [1.807, 2.05) is 6.92 Å². The van der Waals surface area contributed by atoms with Gasteiger partial charge in [-0.05, 0) is 43.9 Å². The van der Waals surface area contributed by atoms with Crippen molar-refractivity contribution in [3.63, 3.8) is 0 Å². The fourth-order valence-electron chi connectivity index (χ4n) is 3.88. The zero-order valence-corrected chi connectivity index (χ0v) is 13.4. The molecular weight excluding hydrogens is 284 g/mol. The molecule has 2 aliphatic carbocycles. The SMILES string of the molecule is CCc1nc(C)c(C(=O)O)c(SCC2CC3CCC2C3)n1. The molecule has 5 heteroatoms. The number of hydrogen-bond acceptors (Lipinski definition) is 4. The first kappa shape index (κ1) is 14.8. The number of nitrogens with zero attached hydrogens (tertiary/aromatic N) is 2. The summed E-state index contributed by atoms with van der Waals surface area (Å²) >= 11 is 1.62. The molecule has 1 heterocycles. The highest BCUT2D eigenvalue weighted by atomic mass is 32.2. The fourth-order valence-corrected chi connectivity index (χ4v) is 5.21. The summed E-state index contributed by atoms with van der Waals surface area (Å²) < 4.78 is 0. The Kier molecular flexibility index (Phi) is 4.20. The molecule has 0 saturated heterocycles. The summed E-state index contributed by atoms with van der Waals surface area (Å²) in [5, 5.41) is 10.1. The Bertz CT molecular complexity index is 561. The quantitative estimate of drug-likeness (QED) is 0.665. The molecule has 21 heavy (non-hydrogen) atoms. The number of aromatic nitrogens is 2. The van der Waals surface area contributed by atoms with E-state index in [9.17, 15) is 9.90 Å². The van der Waals surface area contributed by atoms with Crippen molar-refractivity contribution < 1.29 is 9.90 Å². The van der Waals surface area contributed by atoms with Crippen molar-refractivity contribution in [1.82, 2.24) is 9.97 Å². The van der Waals surface area contributed by atoms with Gasteiger partial charge >= 0.3 is 5.97 Å². The van der Waals surface area contributed by atoms with Gasteiger partial charge in [0, 0.05) is 12.2 Å². The van der Waals surface area contributed by atoms with E-state index in [4.69, 9.17) is 0 Å². The molecule has 3 rings (SSSR count). The Labute approximate surface area is 129 Å². The number of aryl methyl sites for hydroxylation is 2. The second-order valence-electron chi connectivity index (χ2n) is 6.31. The van der Waals surface area contributed by atoms with Gasteiger partial charge in [-0.15, -0.1) is 11.8 Å². The number of fused-ring (bicyclic) bond motifs is 2. The Hall–Kier alpha value is -1.10. The van der Waals surface area contributed by atoms with Crippen molar-refractivity contribution in [3.05, 3.63) is 17.1 Å². The summed E-state index contributed by atoms with van der Waals surface area (Å²) in [5.41, 5.74) is 0.880. The summed E-state index contributed by atoms with van der Waals surface area (Å²) in [6, 6.07) is 0. The second kappa shape index (κ2) is 5.95. The van der Waals surface area contributed by atoms with Crippen LogP contribution in [0.2, 0.25) is 0 Å². The molecule has 3 atom stereocenters. The lowest BCUT2D eigenvalue weighted by Gasteiger charge is -2.21. The molecule has 4 nitrogen and oxygen atoms in total. The maximum Gasteiger partial charge on any atom is 0.340 e. The molecular formula is C16H22N2O2S. The van der Waals surface area contributed by atoms with Crippen LogP contribution in [0.3, 0.4) is 0 Å². The van der Waals surface area contributed by atoms with Crippen LogP contribution in [-0.2, 0) is 6.42 Å². The van der Waals surface area contributed by atoms with Crippen molar-refractivity contribution in [1.29, 1.82) is 0 Å². The monoisotopic (exact) mass is 306 g/mol. The molecule has 3 unspecified atom stereocenters. The maximum absolute atomic E-state index is 11.5. The van der Waals surface area contributed by atoms with Gasteiger partial charge in [-0.3, -0.25) is 0 Å². The van der Waals surface area contributed by atoms with Crippen LogP contribution in [0, 0.1) is 24.7 Å². The summed E-state index contributed by atoms with van der Waals surface area (Å²) in [4.78, 5) is 20.2. The Morgan fingerprint density at radius 2 is 2.14 bits per heavy atom. The van der Waals surface area contributed by atoms with Gasteiger partial charge in [-0.1, -0.05) is 13.3 Å². The molecule has 2 bridgehead atoms. The van der Waals surface area contributed by atoms with E-state index < -0.39 is 5.97 Å². The molecule has 0 amide bonds. The topological polar surface area (TPSA) is 63.1 Å². The molecule has 0 spiro atoms. The molecule has 1 aromatic heterocycles. The largest absolute Gasteiger partial charge is 0.478 e. The van der Waals surface area contributed by atoms with Crippen molar-refractivity contribution in [2.75, 3.05) is 5.75 Å². The highest BCUT2D eigenvalue weighted by Gasteiger charge is 2.39. The summed E-state index contributed by atoms with van der Waals surface area (Å²) in [5.74, 6) is 3.37. The average molecular weight is 306 g/mol. The lowest BCUT2D eigenvalue weighted by molar-refractivity contribution is 0.0690. The van der Waals surface area contributed by atoms with Gasteiger partial charge in [-0.25, -0.2) is 14.8 Å². The minimum Gasteiger partial charge on any atom is -0.478 e. The van der Waals surface area contributed by atoms with Gasteiger partial charge in [0.05, 0.1) is 5.69 Å². The van der Waals surface area contributed by atoms with Crippen molar-refractivity contribution in [3.8, 4) is 0 Å². The normalized spacial score (nSPS) is 27.2. The van der Waals surface area contributed by atoms with Gasteiger partial charge in [0.1, 0.15) is 16.4 Å². The van der Waals surface area contributed by atoms with E-state index in [-0.39, 0.29) is 0 Å². The van der Waals surface area contributed by atoms with Crippen LogP contribution in [0.25, 0.3) is 0 Å². The minimum absolute atomic E-state index is 0.292. The van der Waals surface area contributed by atoms with Gasteiger partial charge in [0.25, 0.3) is 0 Å². The van der Waals surface area contributed by atoms with Gasteiger partial charge in [0.2, 0.25) is 0 Å². The van der Waals surface area contributed by atoms with Crippen molar-refractivity contribution >= 4 is 17.7 Å². The zero-order valence-electron chi connectivity index (χ0n) is 12.6. The average Bonchev–Trinajstić information content (AvgIpc) is 3.06. The van der Waals surface area contributed by atoms with E-state index in [0.717, 1.165) is 35.8 Å². The van der Waals surface area contributed by atoms with Gasteiger partial charge < -0.3 is 5.11 Å². The van der Waals surface area contributed by atoms with Crippen LogP contribution in [0.5, 0.6) is 0 Å². The predicted molar refractivity (Wildman–Crippen MR) is 82.8 cm³/mol. The summed E-state index contributed by atoms with van der Waals surface area (Å²) in [6.45, 7) is 3.77. The highest BCUT2D eigenvalue weighted by Crippen LogP contribution is 2.49. The molecule has 0 aromatic carbocycles. The molecule has 2 fully saturated rings. The van der Waals surface area contributed by atoms with Crippen LogP contribution < -0.4 is 0 Å². The van der Waals surface area contributed by atoms with E-state index in [1.165, 1.54) is 25.7 Å². The smallest absolute Gasteiger partial charge is 0.340 e. The van der Waals surface area contributed by atoms with Crippen molar-refractivity contribution in [2.45, 2.75) is 51.0 Å². The van der Waals surface area contributed by atoms with Crippen LogP contribution >= 0.6 is 11.8 Å². The highest BCUT2D eigenvalue weighted by molar-refractivity contribution is 7.99. The standard InChI is InChI=1S/C16H22N2O2S/c1-3-13-17-9(2)14(16(19)20)15(18-13)21-8-12-7-10-4-5-11(12)6-10/h10-12H,3-8H2,1-2H3,(H,19,20). The van der Waals surface area contributed by atoms with E-state index in [2.05, 4.69) is 9.97 Å². The number of aromatic carboxylic acids is 1. The summed E-state index contributed by atoms with van der Waals surface area (Å²) in [7, 11) is 0. The minimum atomic E-state index is -0.911. The van der Waals surface area contributed by atoms with Crippen LogP contribution in [-0.4, -0.2) is 26.8 Å². The second-order valence-corrected chi connectivity index (χ2v) is 7.32. The number of thioether (sulfide) groups is 1. The molecule has 1 aromatic rings. The Balaban J connectivity index is 1.77. The third-order valence-corrected chi connectivity index (χ3v) is 6.12. The zero-order chi connectivity index (χ0) is 15.0. The molecule has 2 aliphatic rings. The number of carbonyl (C=O) groups is 1. The van der Waals surface area contributed by atoms with Crippen LogP contribution in [0.15, 0.2) is 5.03 Å². The Morgan fingerprint density at radius 1 is 1.33 bits per heavy atom. The predicted octanol–water partition coefficient (Wildman–Crippen LogP) is 3.57. The van der Waals surface area contributed by atoms with E-state index in [0.29, 0.717) is 16.3 Å². The fraction of sp³-hybridized carbons (Fsp3) is 0.688. The maximum atomic E-state index is 11.5. The number of rotatable bonds is 5. The molecule has 0 radical (unpaired) electrons. The van der Waals surface area contributed by atoms with Gasteiger partial charge in [-0.2, -0.15) is 0 Å². The number of hydrogen-bond donors (Lipinski definition) is 1.